The quantitative estimate of drug-likeness (QED) is 0.524. The Morgan fingerprint density at radius 2 is 2.33 bits per heavy atom. The van der Waals surface area contributed by atoms with Crippen LogP contribution < -0.4 is 0 Å². The van der Waals surface area contributed by atoms with Crippen LogP contribution in [0.4, 0.5) is 0 Å². The summed E-state index contributed by atoms with van der Waals surface area (Å²) in [6.07, 6.45) is 1.61. The minimum atomic E-state index is -0.653. The Hall–Kier alpha value is -0.895. The molecule has 0 radical (unpaired) electrons. The number of rotatable bonds is 1. The van der Waals surface area contributed by atoms with Gasteiger partial charge in [-0.2, -0.15) is 0 Å². The highest BCUT2D eigenvalue weighted by molar-refractivity contribution is 6.47. The zero-order chi connectivity index (χ0) is 6.85. The summed E-state index contributed by atoms with van der Waals surface area (Å²) in [6.45, 7) is 1.58. The maximum absolute atomic E-state index is 8.92. The van der Waals surface area contributed by atoms with Crippen LogP contribution in [0.2, 0.25) is 6.82 Å². The van der Waals surface area contributed by atoms with E-state index in [-0.39, 0.29) is 5.88 Å². The van der Waals surface area contributed by atoms with E-state index >= 15 is 0 Å². The van der Waals surface area contributed by atoms with Gasteiger partial charge in [-0.05, 0) is 25.2 Å². The van der Waals surface area contributed by atoms with E-state index in [1.54, 1.807) is 19.1 Å². The number of aromatic nitrogens is 1. The lowest BCUT2D eigenvalue weighted by Crippen LogP contribution is -2.17. The molecule has 0 bridgehead atoms. The SMILES string of the molecule is CB(O)n1cccc1O. The number of hydrogen-bond acceptors (Lipinski definition) is 2. The average molecular weight is 125 g/mol. The molecule has 1 heterocycles. The minimum absolute atomic E-state index is 0.0880. The Morgan fingerprint density at radius 1 is 1.67 bits per heavy atom. The molecule has 0 unspecified atom stereocenters. The molecule has 0 aliphatic rings. The van der Waals surface area contributed by atoms with Crippen molar-refractivity contribution in [2.45, 2.75) is 6.82 Å². The van der Waals surface area contributed by atoms with Crippen molar-refractivity contribution in [2.24, 2.45) is 0 Å². The molecule has 0 aromatic carbocycles. The van der Waals surface area contributed by atoms with Gasteiger partial charge in [-0.15, -0.1) is 0 Å². The molecule has 0 aliphatic carbocycles. The predicted molar refractivity (Wildman–Crippen MR) is 35.3 cm³/mol. The molecule has 1 rings (SSSR count). The zero-order valence-corrected chi connectivity index (χ0v) is 5.15. The summed E-state index contributed by atoms with van der Waals surface area (Å²) < 4.78 is 1.36. The minimum Gasteiger partial charge on any atom is -0.495 e. The van der Waals surface area contributed by atoms with Crippen molar-refractivity contribution in [1.29, 1.82) is 0 Å². The van der Waals surface area contributed by atoms with Gasteiger partial charge in [-0.25, -0.2) is 0 Å². The molecule has 2 N–H and O–H groups in total. The van der Waals surface area contributed by atoms with Crippen LogP contribution >= 0.6 is 0 Å². The highest BCUT2D eigenvalue weighted by Crippen LogP contribution is 2.08. The first-order valence-corrected chi connectivity index (χ1v) is 2.75. The molecule has 3 nitrogen and oxygen atoms in total. The van der Waals surface area contributed by atoms with E-state index in [1.165, 1.54) is 10.5 Å². The highest BCUT2D eigenvalue weighted by atomic mass is 16.3. The van der Waals surface area contributed by atoms with Crippen LogP contribution in [0.3, 0.4) is 0 Å². The Labute approximate surface area is 53.7 Å². The van der Waals surface area contributed by atoms with Crippen LogP contribution in [0.15, 0.2) is 18.3 Å². The Morgan fingerprint density at radius 3 is 2.56 bits per heavy atom. The summed E-state index contributed by atoms with van der Waals surface area (Å²) in [5, 5.41) is 17.8. The van der Waals surface area contributed by atoms with Crippen LogP contribution in [0, 0.1) is 0 Å². The number of hydrogen-bond donors (Lipinski definition) is 2. The fourth-order valence-electron chi connectivity index (χ4n) is 0.700. The molecule has 0 spiro atoms. The molecule has 0 amide bonds. The standard InChI is InChI=1S/C5H8BNO2/c1-6(9)7-4-2-3-5(7)8/h2-4,8-9H,1H3. The maximum atomic E-state index is 8.92. The number of aromatic hydroxyl groups is 1. The summed E-state index contributed by atoms with van der Waals surface area (Å²) in [5.41, 5.74) is 0. The highest BCUT2D eigenvalue weighted by Gasteiger charge is 2.07. The van der Waals surface area contributed by atoms with Gasteiger partial charge in [0, 0.05) is 0 Å². The third-order valence-corrected chi connectivity index (χ3v) is 1.16. The molecule has 4 heteroatoms. The maximum Gasteiger partial charge on any atom is 0.416 e. The van der Waals surface area contributed by atoms with Crippen molar-refractivity contribution in [3.8, 4) is 5.88 Å². The van der Waals surface area contributed by atoms with Gasteiger partial charge >= 0.3 is 7.05 Å². The monoisotopic (exact) mass is 125 g/mol. The van der Waals surface area contributed by atoms with Crippen LogP contribution in [0.5, 0.6) is 5.88 Å². The van der Waals surface area contributed by atoms with E-state index < -0.39 is 7.05 Å². The van der Waals surface area contributed by atoms with Crippen LogP contribution in [-0.2, 0) is 0 Å². The average Bonchev–Trinajstić information content (AvgIpc) is 2.13. The third kappa shape index (κ3) is 1.08. The second-order valence-corrected chi connectivity index (χ2v) is 1.91. The van der Waals surface area contributed by atoms with E-state index in [0.717, 1.165) is 0 Å². The largest absolute Gasteiger partial charge is 0.495 e. The van der Waals surface area contributed by atoms with E-state index in [9.17, 15) is 0 Å². The van der Waals surface area contributed by atoms with Gasteiger partial charge in [-0.3, -0.25) is 0 Å². The topological polar surface area (TPSA) is 45.4 Å². The molecule has 0 saturated heterocycles. The molecule has 48 valence electrons. The lowest BCUT2D eigenvalue weighted by molar-refractivity contribution is 0.437. The van der Waals surface area contributed by atoms with E-state index in [0.29, 0.717) is 0 Å². The fourth-order valence-corrected chi connectivity index (χ4v) is 0.700. The second kappa shape index (κ2) is 2.15. The third-order valence-electron chi connectivity index (χ3n) is 1.16. The summed E-state index contributed by atoms with van der Waals surface area (Å²) in [4.78, 5) is 0. The molecule has 0 fully saturated rings. The Kier molecular flexibility index (Phi) is 1.49. The molecular formula is C5H8BNO2. The van der Waals surface area contributed by atoms with Crippen molar-refractivity contribution in [3.63, 3.8) is 0 Å². The van der Waals surface area contributed by atoms with Gasteiger partial charge in [0.25, 0.3) is 0 Å². The Bertz CT molecular complexity index is 197. The van der Waals surface area contributed by atoms with Crippen LogP contribution in [0.25, 0.3) is 0 Å². The first-order chi connectivity index (χ1) is 4.22. The molecule has 9 heavy (non-hydrogen) atoms. The first-order valence-electron chi connectivity index (χ1n) is 2.75. The van der Waals surface area contributed by atoms with E-state index in [2.05, 4.69) is 0 Å². The van der Waals surface area contributed by atoms with Crippen molar-refractivity contribution in [3.05, 3.63) is 18.3 Å². The van der Waals surface area contributed by atoms with Crippen molar-refractivity contribution in [1.82, 2.24) is 4.48 Å². The van der Waals surface area contributed by atoms with Crippen molar-refractivity contribution >= 4 is 7.05 Å². The smallest absolute Gasteiger partial charge is 0.416 e. The lowest BCUT2D eigenvalue weighted by atomic mass is 9.88. The Balaban J connectivity index is 2.94. The summed E-state index contributed by atoms with van der Waals surface area (Å²) in [7, 11) is -0.653. The van der Waals surface area contributed by atoms with Crippen molar-refractivity contribution < 1.29 is 10.1 Å². The molecule has 0 saturated carbocycles. The van der Waals surface area contributed by atoms with Gasteiger partial charge in [0.2, 0.25) is 0 Å². The van der Waals surface area contributed by atoms with E-state index in [4.69, 9.17) is 10.1 Å². The second-order valence-electron chi connectivity index (χ2n) is 1.91. The van der Waals surface area contributed by atoms with Gasteiger partial charge in [0.05, 0.1) is 0 Å². The van der Waals surface area contributed by atoms with Gasteiger partial charge < -0.3 is 14.6 Å². The first kappa shape index (κ1) is 6.23. The molecule has 1 aromatic rings. The molecule has 0 atom stereocenters. The fraction of sp³-hybridized carbons (Fsp3) is 0.200. The lowest BCUT2D eigenvalue weighted by Gasteiger charge is -2.01. The molecular weight excluding hydrogens is 117 g/mol. The predicted octanol–water partition coefficient (Wildman–Crippen LogP) is 0.152. The summed E-state index contributed by atoms with van der Waals surface area (Å²) in [6, 6.07) is 3.19. The number of nitrogens with zero attached hydrogens (tertiary/aromatic N) is 1. The van der Waals surface area contributed by atoms with Crippen molar-refractivity contribution in [2.75, 3.05) is 0 Å². The summed E-state index contributed by atoms with van der Waals surface area (Å²) in [5.74, 6) is 0.0880. The van der Waals surface area contributed by atoms with Crippen LogP contribution in [-0.4, -0.2) is 21.7 Å². The van der Waals surface area contributed by atoms with Gasteiger partial charge in [-0.1, -0.05) is 0 Å². The van der Waals surface area contributed by atoms with Gasteiger partial charge in [0.15, 0.2) is 5.88 Å². The summed E-state index contributed by atoms with van der Waals surface area (Å²) >= 11 is 0. The molecule has 0 aliphatic heterocycles. The van der Waals surface area contributed by atoms with E-state index in [1.807, 2.05) is 0 Å². The van der Waals surface area contributed by atoms with Gasteiger partial charge in [0.1, 0.15) is 0 Å². The van der Waals surface area contributed by atoms with Crippen LogP contribution in [0.1, 0.15) is 0 Å². The zero-order valence-electron chi connectivity index (χ0n) is 5.15. The normalized spacial score (nSPS) is 9.56. The molecule has 1 aromatic heterocycles.